The molecule has 2 N–H and O–H groups in total. The summed E-state index contributed by atoms with van der Waals surface area (Å²) in [7, 11) is -6.06. The fraction of sp³-hybridized carbons (Fsp3) is 0.556. The summed E-state index contributed by atoms with van der Waals surface area (Å²) in [5.41, 5.74) is 0.954. The Balaban J connectivity index is 2.63. The first-order valence-electron chi connectivity index (χ1n) is 5.63. The first-order chi connectivity index (χ1) is 9.67. The molecule has 0 radical (unpaired) electrons. The second-order valence-corrected chi connectivity index (χ2v) is 8.55. The third-order valence-electron chi connectivity index (χ3n) is 2.17. The van der Waals surface area contributed by atoms with Crippen LogP contribution < -0.4 is 9.44 Å². The number of hydrogen-bond acceptors (Lipinski definition) is 8. The van der Waals surface area contributed by atoms with Crippen molar-refractivity contribution in [2.45, 2.75) is 10.6 Å². The highest BCUT2D eigenvalue weighted by Crippen LogP contribution is 2.20. The number of rotatable bonds is 8. The molecule has 0 bridgehead atoms. The zero-order valence-corrected chi connectivity index (χ0v) is 13.8. The molecule has 0 aliphatic rings. The summed E-state index contributed by atoms with van der Waals surface area (Å²) >= 11 is 0.794. The predicted octanol–water partition coefficient (Wildman–Crippen LogP) is -0.853. The average molecular weight is 357 g/mol. The number of carbonyl (C=O) groups is 1. The monoisotopic (exact) mass is 357 g/mol. The number of aromatic nitrogens is 1. The molecule has 0 spiro atoms. The topological polar surface area (TPSA) is 132 Å². The van der Waals surface area contributed by atoms with E-state index in [1.807, 2.05) is 0 Å². The van der Waals surface area contributed by atoms with Crippen LogP contribution in [0.4, 0.5) is 0 Å². The van der Waals surface area contributed by atoms with Crippen molar-refractivity contribution < 1.29 is 26.4 Å². The average Bonchev–Trinajstić information content (AvgIpc) is 2.86. The Bertz CT molecular complexity index is 694. The van der Waals surface area contributed by atoms with E-state index in [2.05, 4.69) is 19.2 Å². The van der Waals surface area contributed by atoms with Crippen molar-refractivity contribution in [2.24, 2.45) is 0 Å². The molecule has 9 nitrogen and oxygen atoms in total. The minimum atomic E-state index is -3.89. The van der Waals surface area contributed by atoms with Crippen molar-refractivity contribution in [1.82, 2.24) is 14.4 Å². The van der Waals surface area contributed by atoms with Gasteiger partial charge in [-0.1, -0.05) is 0 Å². The molecule has 0 aromatic carbocycles. The molecule has 120 valence electrons. The number of carbonyl (C=O) groups excluding carboxylic acids is 1. The van der Waals surface area contributed by atoms with E-state index in [1.54, 1.807) is 0 Å². The highest BCUT2D eigenvalue weighted by Gasteiger charge is 2.26. The largest absolute Gasteiger partial charge is 0.464 e. The first-order valence-corrected chi connectivity index (χ1v) is 9.89. The molecule has 1 rings (SSSR count). The molecule has 0 aliphatic heterocycles. The van der Waals surface area contributed by atoms with Gasteiger partial charge < -0.3 is 4.74 Å². The quantitative estimate of drug-likeness (QED) is 0.457. The molecule has 0 saturated heterocycles. The van der Waals surface area contributed by atoms with Gasteiger partial charge in [0.15, 0.2) is 9.90 Å². The highest BCUT2D eigenvalue weighted by atomic mass is 32.2. The second-order valence-electron chi connectivity index (χ2n) is 3.90. The highest BCUT2D eigenvalue weighted by molar-refractivity contribution is 7.91. The molecule has 12 heteroatoms. The fourth-order valence-corrected chi connectivity index (χ4v) is 4.04. The second kappa shape index (κ2) is 7.26. The van der Waals surface area contributed by atoms with E-state index in [4.69, 9.17) is 0 Å². The standard InChI is InChI=1S/C9H15N3O6S3/c1-18-8(13)7-9(19-6-10-7)21(16,17)12-5-3-4-11-20(2,14)15/h6,11-12H,3-5H2,1-2H3. The van der Waals surface area contributed by atoms with Crippen LogP contribution in [0.1, 0.15) is 16.9 Å². The van der Waals surface area contributed by atoms with E-state index in [0.29, 0.717) is 0 Å². The lowest BCUT2D eigenvalue weighted by Gasteiger charge is -2.06. The lowest BCUT2D eigenvalue weighted by molar-refractivity contribution is 0.0590. The van der Waals surface area contributed by atoms with Crippen molar-refractivity contribution in [3.8, 4) is 0 Å². The van der Waals surface area contributed by atoms with E-state index in [0.717, 1.165) is 24.7 Å². The number of ether oxygens (including phenoxy) is 1. The van der Waals surface area contributed by atoms with Crippen molar-refractivity contribution in [1.29, 1.82) is 0 Å². The van der Waals surface area contributed by atoms with Crippen LogP contribution in [0, 0.1) is 0 Å². The molecule has 0 atom stereocenters. The van der Waals surface area contributed by atoms with Crippen molar-refractivity contribution in [3.05, 3.63) is 11.2 Å². The van der Waals surface area contributed by atoms with Gasteiger partial charge in [0, 0.05) is 13.1 Å². The van der Waals surface area contributed by atoms with Crippen molar-refractivity contribution in [2.75, 3.05) is 26.5 Å². The van der Waals surface area contributed by atoms with Crippen molar-refractivity contribution >= 4 is 37.4 Å². The van der Waals surface area contributed by atoms with Crippen LogP contribution in [0.3, 0.4) is 0 Å². The third kappa shape index (κ3) is 5.67. The molecule has 0 amide bonds. The first kappa shape index (κ1) is 18.0. The van der Waals surface area contributed by atoms with Gasteiger partial charge in [-0.05, 0) is 6.42 Å². The summed E-state index contributed by atoms with van der Waals surface area (Å²) in [6.45, 7) is 0.122. The van der Waals surface area contributed by atoms with Crippen LogP contribution in [0.15, 0.2) is 9.72 Å². The SMILES string of the molecule is COC(=O)c1ncsc1S(=O)(=O)NCCCNS(C)(=O)=O. The summed E-state index contributed by atoms with van der Waals surface area (Å²) in [5.74, 6) is -0.838. The van der Waals surface area contributed by atoms with Gasteiger partial charge in [-0.25, -0.2) is 36.1 Å². The number of nitrogens with one attached hydrogen (secondary N) is 2. The van der Waals surface area contributed by atoms with Gasteiger partial charge in [-0.3, -0.25) is 0 Å². The summed E-state index contributed by atoms with van der Waals surface area (Å²) in [4.78, 5) is 15.0. The van der Waals surface area contributed by atoms with E-state index in [1.165, 1.54) is 5.51 Å². The van der Waals surface area contributed by atoms with Crippen LogP contribution in [0.25, 0.3) is 0 Å². The van der Waals surface area contributed by atoms with E-state index < -0.39 is 26.0 Å². The normalized spacial score (nSPS) is 12.3. The number of nitrogens with zero attached hydrogens (tertiary/aromatic N) is 1. The molecular weight excluding hydrogens is 342 g/mol. The zero-order chi connectivity index (χ0) is 16.1. The molecule has 0 saturated carbocycles. The number of methoxy groups -OCH3 is 1. The van der Waals surface area contributed by atoms with Crippen LogP contribution in [0.5, 0.6) is 0 Å². The Hall–Kier alpha value is -1.08. The molecule has 0 aliphatic carbocycles. The van der Waals surface area contributed by atoms with Gasteiger partial charge in [0.1, 0.15) is 0 Å². The molecule has 0 unspecified atom stereocenters. The van der Waals surface area contributed by atoms with Crippen molar-refractivity contribution in [3.63, 3.8) is 0 Å². The van der Waals surface area contributed by atoms with Crippen LogP contribution in [0.2, 0.25) is 0 Å². The zero-order valence-electron chi connectivity index (χ0n) is 11.3. The summed E-state index contributed by atoms with van der Waals surface area (Å²) in [5, 5.41) is 0. The van der Waals surface area contributed by atoms with E-state index in [-0.39, 0.29) is 29.4 Å². The Labute approximate surface area is 126 Å². The molecular formula is C9H15N3O6S3. The van der Waals surface area contributed by atoms with Gasteiger partial charge in [0.05, 0.1) is 18.9 Å². The van der Waals surface area contributed by atoms with Gasteiger partial charge in [0.25, 0.3) is 10.0 Å². The summed E-state index contributed by atoms with van der Waals surface area (Å²) in [6, 6.07) is 0. The lowest BCUT2D eigenvalue weighted by atomic mass is 10.4. The number of esters is 1. The summed E-state index contributed by atoms with van der Waals surface area (Å²) < 4.78 is 54.4. The van der Waals surface area contributed by atoms with Crippen LogP contribution in [-0.2, 0) is 24.8 Å². The Kier molecular flexibility index (Phi) is 6.22. The molecule has 1 heterocycles. The number of thiazole rings is 1. The fourth-order valence-electron chi connectivity index (χ4n) is 1.28. The maximum atomic E-state index is 12.0. The van der Waals surface area contributed by atoms with E-state index >= 15 is 0 Å². The Morgan fingerprint density at radius 1 is 1.29 bits per heavy atom. The third-order valence-corrected chi connectivity index (χ3v) is 5.73. The lowest BCUT2D eigenvalue weighted by Crippen LogP contribution is -2.29. The maximum Gasteiger partial charge on any atom is 0.358 e. The maximum absolute atomic E-state index is 12.0. The molecule has 21 heavy (non-hydrogen) atoms. The van der Waals surface area contributed by atoms with Crippen LogP contribution in [-0.4, -0.2) is 54.2 Å². The van der Waals surface area contributed by atoms with Gasteiger partial charge in [-0.2, -0.15) is 0 Å². The minimum absolute atomic E-state index is 0.0172. The Morgan fingerprint density at radius 2 is 1.90 bits per heavy atom. The van der Waals surface area contributed by atoms with Gasteiger partial charge in [0.2, 0.25) is 10.0 Å². The smallest absolute Gasteiger partial charge is 0.358 e. The van der Waals surface area contributed by atoms with Gasteiger partial charge >= 0.3 is 5.97 Å². The number of hydrogen-bond donors (Lipinski definition) is 2. The van der Waals surface area contributed by atoms with Crippen LogP contribution >= 0.6 is 11.3 Å². The molecule has 1 aromatic heterocycles. The predicted molar refractivity (Wildman–Crippen MR) is 76.1 cm³/mol. The molecule has 0 fully saturated rings. The number of sulfonamides is 2. The molecule has 1 aromatic rings. The Morgan fingerprint density at radius 3 is 2.48 bits per heavy atom. The van der Waals surface area contributed by atoms with Gasteiger partial charge in [-0.15, -0.1) is 11.3 Å². The minimum Gasteiger partial charge on any atom is -0.464 e. The summed E-state index contributed by atoms with van der Waals surface area (Å²) in [6.07, 6.45) is 1.27. The van der Waals surface area contributed by atoms with E-state index in [9.17, 15) is 21.6 Å².